The molecule has 0 aliphatic rings. The number of aromatic nitrogens is 3. The molecule has 0 saturated heterocycles. The molecule has 5 nitrogen and oxygen atoms in total. The van der Waals surface area contributed by atoms with Crippen LogP contribution in [0.1, 0.15) is 11.8 Å². The number of aryl methyl sites for hydroxylation is 1. The van der Waals surface area contributed by atoms with Gasteiger partial charge in [0.05, 0.1) is 6.20 Å². The Balaban J connectivity index is 1.96. The third-order valence-corrected chi connectivity index (χ3v) is 1.63. The van der Waals surface area contributed by atoms with Gasteiger partial charge in [0.2, 0.25) is 11.8 Å². The number of rotatable bonds is 3. The molecule has 0 bridgehead atoms. The average molecular weight is 209 g/mol. The summed E-state index contributed by atoms with van der Waals surface area (Å²) in [4.78, 5) is 3.44. The van der Waals surface area contributed by atoms with Gasteiger partial charge in [-0.05, 0) is 12.1 Å². The van der Waals surface area contributed by atoms with Crippen LogP contribution in [-0.2, 0) is 6.61 Å². The van der Waals surface area contributed by atoms with Gasteiger partial charge in [-0.25, -0.2) is 4.98 Å². The molecule has 0 saturated carbocycles. The molecule has 0 fully saturated rings. The third kappa shape index (κ3) is 2.49. The second kappa shape index (κ2) is 4.04. The molecule has 0 aliphatic carbocycles. The molecule has 0 amide bonds. The summed E-state index contributed by atoms with van der Waals surface area (Å²) < 4.78 is 22.8. The summed E-state index contributed by atoms with van der Waals surface area (Å²) in [5.41, 5.74) is 0. The van der Waals surface area contributed by atoms with Gasteiger partial charge in [-0.1, -0.05) is 0 Å². The molecular weight excluding hydrogens is 201 g/mol. The molecule has 15 heavy (non-hydrogen) atoms. The van der Waals surface area contributed by atoms with Crippen LogP contribution in [0.15, 0.2) is 22.7 Å². The van der Waals surface area contributed by atoms with Crippen molar-refractivity contribution in [3.05, 3.63) is 36.1 Å². The van der Waals surface area contributed by atoms with Crippen molar-refractivity contribution in [3.63, 3.8) is 0 Å². The zero-order valence-corrected chi connectivity index (χ0v) is 7.98. The predicted octanol–water partition coefficient (Wildman–Crippen LogP) is 1.49. The van der Waals surface area contributed by atoms with Gasteiger partial charge < -0.3 is 9.15 Å². The first-order valence-electron chi connectivity index (χ1n) is 4.27. The van der Waals surface area contributed by atoms with Gasteiger partial charge in [0.25, 0.3) is 5.89 Å². The maximum Gasteiger partial charge on any atom is 0.253 e. The highest BCUT2D eigenvalue weighted by Gasteiger charge is 2.03. The Hall–Kier alpha value is -1.98. The molecule has 78 valence electrons. The van der Waals surface area contributed by atoms with Gasteiger partial charge in [0.1, 0.15) is 5.75 Å². The van der Waals surface area contributed by atoms with Crippen LogP contribution in [-0.4, -0.2) is 15.2 Å². The lowest BCUT2D eigenvalue weighted by atomic mass is 10.4. The van der Waals surface area contributed by atoms with Crippen LogP contribution < -0.4 is 4.74 Å². The Kier molecular flexibility index (Phi) is 2.57. The summed E-state index contributed by atoms with van der Waals surface area (Å²) >= 11 is 0. The van der Waals surface area contributed by atoms with Gasteiger partial charge in [-0.3, -0.25) is 0 Å². The van der Waals surface area contributed by atoms with Gasteiger partial charge in [-0.2, -0.15) is 4.39 Å². The summed E-state index contributed by atoms with van der Waals surface area (Å²) in [5, 5.41) is 7.38. The Morgan fingerprint density at radius 2 is 2.27 bits per heavy atom. The number of nitrogens with zero attached hydrogens (tertiary/aromatic N) is 3. The fourth-order valence-electron chi connectivity index (χ4n) is 0.989. The van der Waals surface area contributed by atoms with Crippen LogP contribution in [0.4, 0.5) is 4.39 Å². The van der Waals surface area contributed by atoms with Crippen molar-refractivity contribution in [1.82, 2.24) is 15.2 Å². The Morgan fingerprint density at radius 1 is 1.40 bits per heavy atom. The smallest absolute Gasteiger partial charge is 0.253 e. The van der Waals surface area contributed by atoms with E-state index in [0.717, 1.165) is 0 Å². The molecule has 0 radical (unpaired) electrons. The lowest BCUT2D eigenvalue weighted by Gasteiger charge is -2.01. The standard InChI is InChI=1S/C9H8FN3O2/c1-6-12-13-9(15-6)5-14-7-2-3-8(10)11-4-7/h2-4H,5H2,1H3. The summed E-state index contributed by atoms with van der Waals surface area (Å²) in [6.07, 6.45) is 1.29. The van der Waals surface area contributed by atoms with Gasteiger partial charge in [-0.15, -0.1) is 10.2 Å². The second-order valence-electron chi connectivity index (χ2n) is 2.82. The molecule has 2 rings (SSSR count). The molecule has 0 aromatic carbocycles. The number of halogens is 1. The Morgan fingerprint density at radius 3 is 2.87 bits per heavy atom. The van der Waals surface area contributed by atoms with Crippen molar-refractivity contribution < 1.29 is 13.5 Å². The topological polar surface area (TPSA) is 61.0 Å². The highest BCUT2D eigenvalue weighted by atomic mass is 19.1. The minimum absolute atomic E-state index is 0.147. The molecule has 0 unspecified atom stereocenters. The van der Waals surface area contributed by atoms with Crippen molar-refractivity contribution in [2.45, 2.75) is 13.5 Å². The van der Waals surface area contributed by atoms with E-state index in [1.807, 2.05) is 0 Å². The summed E-state index contributed by atoms with van der Waals surface area (Å²) in [6.45, 7) is 1.84. The molecule has 2 aromatic rings. The normalized spacial score (nSPS) is 10.3. The Bertz CT molecular complexity index is 441. The van der Waals surface area contributed by atoms with Gasteiger partial charge in [0, 0.05) is 6.92 Å². The number of hydrogen-bond donors (Lipinski definition) is 0. The van der Waals surface area contributed by atoms with Crippen molar-refractivity contribution >= 4 is 0 Å². The van der Waals surface area contributed by atoms with Crippen LogP contribution in [0.3, 0.4) is 0 Å². The minimum atomic E-state index is -0.545. The molecule has 0 aliphatic heterocycles. The van der Waals surface area contributed by atoms with E-state index in [4.69, 9.17) is 9.15 Å². The summed E-state index contributed by atoms with van der Waals surface area (Å²) in [5.74, 6) is 0.755. The molecule has 0 spiro atoms. The van der Waals surface area contributed by atoms with E-state index in [9.17, 15) is 4.39 Å². The van der Waals surface area contributed by atoms with E-state index in [-0.39, 0.29) is 6.61 Å². The van der Waals surface area contributed by atoms with Crippen LogP contribution in [0.25, 0.3) is 0 Å². The number of hydrogen-bond acceptors (Lipinski definition) is 5. The Labute approximate surface area is 84.9 Å². The highest BCUT2D eigenvalue weighted by molar-refractivity contribution is 5.16. The van der Waals surface area contributed by atoms with Crippen LogP contribution in [0.5, 0.6) is 5.75 Å². The second-order valence-corrected chi connectivity index (χ2v) is 2.82. The lowest BCUT2D eigenvalue weighted by molar-refractivity contribution is 0.259. The van der Waals surface area contributed by atoms with Crippen molar-refractivity contribution in [2.75, 3.05) is 0 Å². The molecule has 2 heterocycles. The average Bonchev–Trinajstić information content (AvgIpc) is 2.64. The lowest BCUT2D eigenvalue weighted by Crippen LogP contribution is -1.96. The van der Waals surface area contributed by atoms with E-state index in [0.29, 0.717) is 17.5 Å². The van der Waals surface area contributed by atoms with E-state index in [1.54, 1.807) is 6.92 Å². The highest BCUT2D eigenvalue weighted by Crippen LogP contribution is 2.10. The maximum absolute atomic E-state index is 12.4. The van der Waals surface area contributed by atoms with E-state index in [2.05, 4.69) is 15.2 Å². The maximum atomic E-state index is 12.4. The first-order valence-corrected chi connectivity index (χ1v) is 4.27. The third-order valence-electron chi connectivity index (χ3n) is 1.63. The first kappa shape index (κ1) is 9.57. The van der Waals surface area contributed by atoms with Crippen LogP contribution in [0, 0.1) is 12.9 Å². The van der Waals surface area contributed by atoms with Crippen LogP contribution in [0.2, 0.25) is 0 Å². The fourth-order valence-corrected chi connectivity index (χ4v) is 0.989. The van der Waals surface area contributed by atoms with Crippen molar-refractivity contribution in [3.8, 4) is 5.75 Å². The fraction of sp³-hybridized carbons (Fsp3) is 0.222. The molecule has 0 N–H and O–H groups in total. The molecule has 2 aromatic heterocycles. The molecule has 6 heteroatoms. The van der Waals surface area contributed by atoms with E-state index < -0.39 is 5.95 Å². The predicted molar refractivity (Wildman–Crippen MR) is 47.6 cm³/mol. The quantitative estimate of drug-likeness (QED) is 0.716. The van der Waals surface area contributed by atoms with Crippen molar-refractivity contribution in [2.24, 2.45) is 0 Å². The van der Waals surface area contributed by atoms with E-state index >= 15 is 0 Å². The van der Waals surface area contributed by atoms with Crippen LogP contribution >= 0.6 is 0 Å². The number of pyridine rings is 1. The molecule has 0 atom stereocenters. The monoisotopic (exact) mass is 209 g/mol. The van der Waals surface area contributed by atoms with Crippen molar-refractivity contribution in [1.29, 1.82) is 0 Å². The van der Waals surface area contributed by atoms with E-state index in [1.165, 1.54) is 18.3 Å². The minimum Gasteiger partial charge on any atom is -0.482 e. The summed E-state index contributed by atoms with van der Waals surface area (Å²) in [6, 6.07) is 2.69. The SMILES string of the molecule is Cc1nnc(COc2ccc(F)nc2)o1. The zero-order valence-electron chi connectivity index (χ0n) is 7.98. The number of ether oxygens (including phenoxy) is 1. The zero-order chi connectivity index (χ0) is 10.7. The van der Waals surface area contributed by atoms with Gasteiger partial charge in [0.15, 0.2) is 6.61 Å². The van der Waals surface area contributed by atoms with Gasteiger partial charge >= 0.3 is 0 Å². The summed E-state index contributed by atoms with van der Waals surface area (Å²) in [7, 11) is 0. The molecular formula is C9H8FN3O2. The largest absolute Gasteiger partial charge is 0.482 e. The first-order chi connectivity index (χ1) is 7.24.